The maximum Gasteiger partial charge on any atom is 0.407 e. The number of alkyl carbamates (subject to hydrolysis) is 1. The highest BCUT2D eigenvalue weighted by atomic mass is 16.5. The van der Waals surface area contributed by atoms with Gasteiger partial charge in [0.2, 0.25) is 5.91 Å². The summed E-state index contributed by atoms with van der Waals surface area (Å²) in [5.74, 6) is -1.03. The van der Waals surface area contributed by atoms with Gasteiger partial charge in [-0.25, -0.2) is 4.79 Å². The van der Waals surface area contributed by atoms with Gasteiger partial charge >= 0.3 is 12.1 Å². The molecule has 186 valence electrons. The zero-order chi connectivity index (χ0) is 25.0. The number of carboxylic acids is 1. The number of benzene rings is 2. The molecule has 2 amide bonds. The number of ether oxygens (including phenoxy) is 1. The number of carbonyl (C=O) groups is 3. The number of amides is 2. The van der Waals surface area contributed by atoms with E-state index < -0.39 is 23.6 Å². The Morgan fingerprint density at radius 2 is 1.66 bits per heavy atom. The van der Waals surface area contributed by atoms with Crippen LogP contribution in [0.25, 0.3) is 11.1 Å². The fourth-order valence-corrected chi connectivity index (χ4v) is 5.28. The molecule has 0 aromatic heterocycles. The molecule has 1 saturated carbocycles. The lowest BCUT2D eigenvalue weighted by Gasteiger charge is -2.31. The van der Waals surface area contributed by atoms with Gasteiger partial charge in [-0.1, -0.05) is 61.9 Å². The summed E-state index contributed by atoms with van der Waals surface area (Å²) in [6.07, 6.45) is 2.67. The molecule has 2 aromatic rings. The van der Waals surface area contributed by atoms with Crippen molar-refractivity contribution in [3.05, 3.63) is 59.7 Å². The van der Waals surface area contributed by atoms with Crippen LogP contribution in [0.15, 0.2) is 48.5 Å². The predicted octanol–water partition coefficient (Wildman–Crippen LogP) is 4.84. The summed E-state index contributed by atoms with van der Waals surface area (Å²) in [5.41, 5.74) is 3.88. The van der Waals surface area contributed by atoms with Gasteiger partial charge in [0.1, 0.15) is 6.61 Å². The number of aliphatic carboxylic acids is 1. The van der Waals surface area contributed by atoms with Gasteiger partial charge in [0.25, 0.3) is 0 Å². The first-order chi connectivity index (χ1) is 16.8. The quantitative estimate of drug-likeness (QED) is 0.429. The fraction of sp³-hybridized carbons (Fsp3) is 0.464. The van der Waals surface area contributed by atoms with Crippen molar-refractivity contribution in [1.29, 1.82) is 0 Å². The largest absolute Gasteiger partial charge is 0.481 e. The number of hydrogen-bond acceptors (Lipinski definition) is 4. The topological polar surface area (TPSA) is 105 Å². The summed E-state index contributed by atoms with van der Waals surface area (Å²) >= 11 is 0. The van der Waals surface area contributed by atoms with Crippen molar-refractivity contribution in [3.8, 4) is 11.1 Å². The van der Waals surface area contributed by atoms with Gasteiger partial charge < -0.3 is 20.5 Å². The van der Waals surface area contributed by atoms with Crippen LogP contribution in [-0.4, -0.2) is 41.3 Å². The zero-order valence-corrected chi connectivity index (χ0v) is 20.4. The Hall–Kier alpha value is -3.35. The first-order valence-corrected chi connectivity index (χ1v) is 12.4. The summed E-state index contributed by atoms with van der Waals surface area (Å²) < 4.78 is 5.71. The third kappa shape index (κ3) is 5.84. The van der Waals surface area contributed by atoms with Crippen LogP contribution < -0.4 is 10.6 Å². The van der Waals surface area contributed by atoms with Gasteiger partial charge in [0.05, 0.1) is 12.0 Å². The Labute approximate surface area is 206 Å². The second-order valence-electron chi connectivity index (χ2n) is 9.97. The molecule has 0 aliphatic heterocycles. The lowest BCUT2D eigenvalue weighted by Crippen LogP contribution is -2.52. The second kappa shape index (κ2) is 10.5. The number of fused-ring (bicyclic) bond motifs is 3. The van der Waals surface area contributed by atoms with Crippen LogP contribution in [0.2, 0.25) is 0 Å². The lowest BCUT2D eigenvalue weighted by molar-refractivity contribution is -0.137. The molecular weight excluding hydrogens is 444 g/mol. The molecular formula is C28H34N2O5. The van der Waals surface area contributed by atoms with Gasteiger partial charge in [0, 0.05) is 18.4 Å². The van der Waals surface area contributed by atoms with E-state index in [-0.39, 0.29) is 37.2 Å². The molecule has 0 heterocycles. The summed E-state index contributed by atoms with van der Waals surface area (Å²) in [7, 11) is 0. The van der Waals surface area contributed by atoms with Crippen molar-refractivity contribution in [1.82, 2.24) is 10.6 Å². The number of carboxylic acid groups (broad SMARTS) is 1. The molecule has 2 atom stereocenters. The molecule has 7 heteroatoms. The minimum absolute atomic E-state index is 0.0329. The smallest absolute Gasteiger partial charge is 0.407 e. The Morgan fingerprint density at radius 1 is 1.06 bits per heavy atom. The van der Waals surface area contributed by atoms with Crippen molar-refractivity contribution < 1.29 is 24.2 Å². The van der Waals surface area contributed by atoms with E-state index in [0.717, 1.165) is 30.4 Å². The van der Waals surface area contributed by atoms with Crippen molar-refractivity contribution >= 4 is 18.0 Å². The van der Waals surface area contributed by atoms with E-state index >= 15 is 0 Å². The highest BCUT2D eigenvalue weighted by molar-refractivity contribution is 5.81. The molecule has 4 rings (SSSR count). The number of hydrogen-bond donors (Lipinski definition) is 3. The van der Waals surface area contributed by atoms with Crippen LogP contribution >= 0.6 is 0 Å². The molecule has 0 spiro atoms. The maximum absolute atomic E-state index is 12.9. The first kappa shape index (κ1) is 24.8. The molecule has 35 heavy (non-hydrogen) atoms. The van der Waals surface area contributed by atoms with Crippen LogP contribution in [-0.2, 0) is 14.3 Å². The van der Waals surface area contributed by atoms with Gasteiger partial charge in [0.15, 0.2) is 0 Å². The highest BCUT2D eigenvalue weighted by Gasteiger charge is 2.44. The van der Waals surface area contributed by atoms with E-state index in [2.05, 4.69) is 34.9 Å². The third-order valence-electron chi connectivity index (χ3n) is 7.16. The molecule has 0 saturated heterocycles. The Bertz CT molecular complexity index is 1050. The van der Waals surface area contributed by atoms with Crippen LogP contribution in [0.3, 0.4) is 0 Å². The normalized spacial score (nSPS) is 17.0. The molecule has 1 fully saturated rings. The van der Waals surface area contributed by atoms with E-state index in [1.807, 2.05) is 38.1 Å². The molecule has 2 aliphatic carbocycles. The molecule has 2 aromatic carbocycles. The van der Waals surface area contributed by atoms with Crippen LogP contribution in [0, 0.1) is 5.92 Å². The average Bonchev–Trinajstić information content (AvgIpc) is 3.61. The first-order valence-electron chi connectivity index (χ1n) is 12.4. The number of rotatable bonds is 11. The van der Waals surface area contributed by atoms with Crippen LogP contribution in [0.4, 0.5) is 4.79 Å². The minimum atomic E-state index is -0.939. The van der Waals surface area contributed by atoms with Crippen LogP contribution in [0.5, 0.6) is 0 Å². The molecule has 2 aliphatic rings. The van der Waals surface area contributed by atoms with Crippen molar-refractivity contribution in [2.75, 3.05) is 6.61 Å². The van der Waals surface area contributed by atoms with E-state index in [1.165, 1.54) is 11.1 Å². The second-order valence-corrected chi connectivity index (χ2v) is 9.97. The predicted molar refractivity (Wildman–Crippen MR) is 133 cm³/mol. The third-order valence-corrected chi connectivity index (χ3v) is 7.16. The summed E-state index contributed by atoms with van der Waals surface area (Å²) in [5, 5.41) is 14.9. The monoisotopic (exact) mass is 478 g/mol. The van der Waals surface area contributed by atoms with Gasteiger partial charge in [-0.2, -0.15) is 0 Å². The molecule has 2 unspecified atom stereocenters. The van der Waals surface area contributed by atoms with Gasteiger partial charge in [-0.05, 0) is 54.4 Å². The summed E-state index contributed by atoms with van der Waals surface area (Å²) in [6, 6.07) is 15.9. The summed E-state index contributed by atoms with van der Waals surface area (Å²) in [4.78, 5) is 36.8. The Morgan fingerprint density at radius 3 is 2.20 bits per heavy atom. The maximum atomic E-state index is 12.9. The van der Waals surface area contributed by atoms with E-state index in [9.17, 15) is 14.4 Å². The van der Waals surface area contributed by atoms with Gasteiger partial charge in [-0.3, -0.25) is 9.59 Å². The van der Waals surface area contributed by atoms with Crippen molar-refractivity contribution in [2.24, 2.45) is 5.92 Å². The molecule has 0 bridgehead atoms. The number of nitrogens with one attached hydrogen (secondary N) is 2. The number of carbonyl (C=O) groups excluding carboxylic acids is 2. The van der Waals surface area contributed by atoms with E-state index in [1.54, 1.807) is 0 Å². The highest BCUT2D eigenvalue weighted by Crippen LogP contribution is 2.45. The van der Waals surface area contributed by atoms with Gasteiger partial charge in [-0.15, -0.1) is 0 Å². The molecule has 3 N–H and O–H groups in total. The fourth-order valence-electron chi connectivity index (χ4n) is 5.28. The summed E-state index contributed by atoms with van der Waals surface area (Å²) in [6.45, 7) is 4.04. The SMILES string of the molecule is CCCC(CC(=O)O)NC(=O)CC(C)(NC(=O)OCC1c2ccccc2-c2ccccc21)C1CC1. The zero-order valence-electron chi connectivity index (χ0n) is 20.4. The van der Waals surface area contributed by atoms with Crippen molar-refractivity contribution in [2.45, 2.75) is 69.9 Å². The standard InChI is InChI=1S/C28H34N2O5/c1-3-8-19(15-26(32)33)29-25(31)16-28(2,18-13-14-18)30-27(34)35-17-24-22-11-6-4-9-20(22)21-10-5-7-12-23(21)24/h4-7,9-12,18-19,24H,3,8,13-17H2,1-2H3,(H,29,31)(H,30,34)(H,32,33). The lowest BCUT2D eigenvalue weighted by atomic mass is 9.91. The molecule has 7 nitrogen and oxygen atoms in total. The van der Waals surface area contributed by atoms with E-state index in [4.69, 9.17) is 9.84 Å². The minimum Gasteiger partial charge on any atom is -0.481 e. The average molecular weight is 479 g/mol. The van der Waals surface area contributed by atoms with Crippen molar-refractivity contribution in [3.63, 3.8) is 0 Å². The van der Waals surface area contributed by atoms with Crippen LogP contribution in [0.1, 0.15) is 69.4 Å². The van der Waals surface area contributed by atoms with E-state index in [0.29, 0.717) is 6.42 Å². The molecule has 0 radical (unpaired) electrons. The Kier molecular flexibility index (Phi) is 7.43. The Balaban J connectivity index is 1.38.